The zero-order valence-corrected chi connectivity index (χ0v) is 15.9. The van der Waals surface area contributed by atoms with Crippen molar-refractivity contribution >= 4 is 23.5 Å². The van der Waals surface area contributed by atoms with Crippen molar-refractivity contribution in [2.45, 2.75) is 37.6 Å². The Morgan fingerprint density at radius 3 is 2.04 bits per heavy atom. The van der Waals surface area contributed by atoms with Gasteiger partial charge < -0.3 is 15.3 Å². The molecule has 2 aromatic carbocycles. The van der Waals surface area contributed by atoms with E-state index in [9.17, 15) is 19.5 Å². The lowest BCUT2D eigenvalue weighted by molar-refractivity contribution is -0.151. The zero-order valence-electron chi connectivity index (χ0n) is 15.9. The van der Waals surface area contributed by atoms with E-state index in [1.165, 1.54) is 4.90 Å². The monoisotopic (exact) mass is 380 g/mol. The van der Waals surface area contributed by atoms with Crippen LogP contribution in [0.5, 0.6) is 0 Å². The average molecular weight is 380 g/mol. The predicted molar refractivity (Wildman–Crippen MR) is 106 cm³/mol. The quantitative estimate of drug-likeness (QED) is 0.826. The maximum Gasteiger partial charge on any atom is 0.329 e. The van der Waals surface area contributed by atoms with E-state index in [4.69, 9.17) is 0 Å². The molecule has 6 nitrogen and oxygen atoms in total. The van der Waals surface area contributed by atoms with Crippen LogP contribution >= 0.6 is 0 Å². The smallest absolute Gasteiger partial charge is 0.329 e. The van der Waals surface area contributed by atoms with Crippen molar-refractivity contribution in [1.82, 2.24) is 4.90 Å². The Bertz CT molecular complexity index is 856. The van der Waals surface area contributed by atoms with Gasteiger partial charge in [0, 0.05) is 23.9 Å². The lowest BCUT2D eigenvalue weighted by Gasteiger charge is -2.41. The third-order valence-corrected chi connectivity index (χ3v) is 5.45. The summed E-state index contributed by atoms with van der Waals surface area (Å²) in [4.78, 5) is 38.5. The molecule has 2 N–H and O–H groups in total. The Morgan fingerprint density at radius 1 is 0.893 bits per heavy atom. The normalized spacial score (nSPS) is 15.5. The lowest BCUT2D eigenvalue weighted by Crippen LogP contribution is -2.56. The largest absolute Gasteiger partial charge is 0.479 e. The van der Waals surface area contributed by atoms with E-state index >= 15 is 0 Å². The third-order valence-electron chi connectivity index (χ3n) is 5.45. The van der Waals surface area contributed by atoms with Crippen LogP contribution in [0.15, 0.2) is 54.6 Å². The van der Waals surface area contributed by atoms with Crippen LogP contribution in [-0.2, 0) is 4.79 Å². The van der Waals surface area contributed by atoms with Crippen molar-refractivity contribution in [3.8, 4) is 0 Å². The molecule has 0 spiro atoms. The molecule has 1 aliphatic rings. The fraction of sp³-hybridized carbons (Fsp3) is 0.318. The van der Waals surface area contributed by atoms with Gasteiger partial charge in [-0.3, -0.25) is 9.59 Å². The van der Waals surface area contributed by atoms with E-state index in [1.54, 1.807) is 43.4 Å². The molecule has 28 heavy (non-hydrogen) atoms. The molecule has 0 unspecified atom stereocenters. The highest BCUT2D eigenvalue weighted by molar-refractivity contribution is 6.05. The number of para-hydroxylation sites is 1. The number of benzene rings is 2. The van der Waals surface area contributed by atoms with Crippen LogP contribution in [0.2, 0.25) is 0 Å². The molecule has 3 rings (SSSR count). The molecule has 0 aliphatic heterocycles. The molecule has 0 saturated heterocycles. The van der Waals surface area contributed by atoms with Gasteiger partial charge in [0.1, 0.15) is 5.54 Å². The lowest BCUT2D eigenvalue weighted by atomic mass is 9.80. The molecule has 2 aromatic rings. The van der Waals surface area contributed by atoms with Gasteiger partial charge in [0.2, 0.25) is 0 Å². The van der Waals surface area contributed by atoms with Crippen molar-refractivity contribution < 1.29 is 19.5 Å². The van der Waals surface area contributed by atoms with E-state index in [0.717, 1.165) is 19.3 Å². The van der Waals surface area contributed by atoms with E-state index < -0.39 is 11.5 Å². The van der Waals surface area contributed by atoms with E-state index in [-0.39, 0.29) is 11.8 Å². The molecule has 1 fully saturated rings. The standard InChI is InChI=1S/C22H24N2O4/c1-24(22(21(27)28)14-6-3-7-15-22)20(26)17-12-10-16(11-13-17)19(25)23-18-8-4-2-5-9-18/h2,4-5,8-13H,3,6-7,14-15H2,1H3,(H,23,25)(H,27,28). The minimum atomic E-state index is -1.15. The summed E-state index contributed by atoms with van der Waals surface area (Å²) in [5.74, 6) is -1.57. The fourth-order valence-corrected chi connectivity index (χ4v) is 3.71. The van der Waals surface area contributed by atoms with E-state index in [2.05, 4.69) is 5.32 Å². The molecule has 0 bridgehead atoms. The molecule has 0 radical (unpaired) electrons. The second-order valence-electron chi connectivity index (χ2n) is 7.16. The van der Waals surface area contributed by atoms with E-state index in [0.29, 0.717) is 29.7 Å². The maximum atomic E-state index is 12.9. The van der Waals surface area contributed by atoms with Crippen molar-refractivity contribution in [2.75, 3.05) is 12.4 Å². The Balaban J connectivity index is 1.74. The number of carboxylic acids is 1. The average Bonchev–Trinajstić information content (AvgIpc) is 2.74. The number of carbonyl (C=O) groups excluding carboxylic acids is 2. The first-order valence-corrected chi connectivity index (χ1v) is 9.42. The summed E-state index contributed by atoms with van der Waals surface area (Å²) in [6, 6.07) is 15.4. The van der Waals surface area contributed by atoms with Crippen molar-refractivity contribution in [3.63, 3.8) is 0 Å². The Labute approximate surface area is 164 Å². The summed E-state index contributed by atoms with van der Waals surface area (Å²) in [5, 5.41) is 12.6. The van der Waals surface area contributed by atoms with Gasteiger partial charge in [-0.15, -0.1) is 0 Å². The fourth-order valence-electron chi connectivity index (χ4n) is 3.71. The summed E-state index contributed by atoms with van der Waals surface area (Å²) >= 11 is 0. The molecule has 0 aromatic heterocycles. The highest BCUT2D eigenvalue weighted by Crippen LogP contribution is 2.34. The predicted octanol–water partition coefficient (Wildman–Crippen LogP) is 3.80. The highest BCUT2D eigenvalue weighted by Gasteiger charge is 2.45. The Kier molecular flexibility index (Phi) is 5.78. The first kappa shape index (κ1) is 19.6. The van der Waals surface area contributed by atoms with Gasteiger partial charge in [-0.05, 0) is 49.2 Å². The molecular formula is C22H24N2O4. The topological polar surface area (TPSA) is 86.7 Å². The van der Waals surface area contributed by atoms with Crippen LogP contribution < -0.4 is 5.32 Å². The van der Waals surface area contributed by atoms with Crippen molar-refractivity contribution in [3.05, 3.63) is 65.7 Å². The first-order valence-electron chi connectivity index (χ1n) is 9.42. The first-order chi connectivity index (χ1) is 13.4. The molecule has 1 aliphatic carbocycles. The van der Waals surface area contributed by atoms with Crippen LogP contribution in [0.4, 0.5) is 5.69 Å². The number of carboxylic acid groups (broad SMARTS) is 1. The molecule has 6 heteroatoms. The molecule has 0 heterocycles. The van der Waals surface area contributed by atoms with Crippen molar-refractivity contribution in [2.24, 2.45) is 0 Å². The second-order valence-corrected chi connectivity index (χ2v) is 7.16. The van der Waals surface area contributed by atoms with Crippen LogP contribution in [0, 0.1) is 0 Å². The number of carbonyl (C=O) groups is 3. The van der Waals surface area contributed by atoms with Crippen molar-refractivity contribution in [1.29, 1.82) is 0 Å². The van der Waals surface area contributed by atoms with Gasteiger partial charge in [0.15, 0.2) is 0 Å². The van der Waals surface area contributed by atoms with Gasteiger partial charge in [-0.25, -0.2) is 4.79 Å². The SMILES string of the molecule is CN(C(=O)c1ccc(C(=O)Nc2ccccc2)cc1)C1(C(=O)O)CCCCC1. The summed E-state index contributed by atoms with van der Waals surface area (Å²) in [6.07, 6.45) is 3.50. The molecule has 1 saturated carbocycles. The Hall–Kier alpha value is -3.15. The minimum Gasteiger partial charge on any atom is -0.479 e. The molecular weight excluding hydrogens is 356 g/mol. The van der Waals surface area contributed by atoms with Crippen LogP contribution in [0.3, 0.4) is 0 Å². The number of likely N-dealkylation sites (N-methyl/N-ethyl adjacent to an activating group) is 1. The van der Waals surface area contributed by atoms with Gasteiger partial charge in [-0.1, -0.05) is 37.5 Å². The highest BCUT2D eigenvalue weighted by atomic mass is 16.4. The minimum absolute atomic E-state index is 0.271. The van der Waals surface area contributed by atoms with Gasteiger partial charge in [0.25, 0.3) is 11.8 Å². The zero-order chi connectivity index (χ0) is 20.1. The number of anilines is 1. The molecule has 146 valence electrons. The van der Waals surface area contributed by atoms with E-state index in [1.807, 2.05) is 18.2 Å². The summed E-state index contributed by atoms with van der Waals surface area (Å²) < 4.78 is 0. The molecule has 2 amide bonds. The van der Waals surface area contributed by atoms with Crippen LogP contribution in [-0.4, -0.2) is 40.4 Å². The molecule has 0 atom stereocenters. The number of rotatable bonds is 5. The number of hydrogen-bond acceptors (Lipinski definition) is 3. The van der Waals surface area contributed by atoms with Gasteiger partial charge in [0.05, 0.1) is 0 Å². The summed E-state index contributed by atoms with van der Waals surface area (Å²) in [6.45, 7) is 0. The summed E-state index contributed by atoms with van der Waals surface area (Å²) in [7, 11) is 1.55. The third kappa shape index (κ3) is 3.91. The second kappa shape index (κ2) is 8.25. The Morgan fingerprint density at radius 2 is 1.46 bits per heavy atom. The number of hydrogen-bond donors (Lipinski definition) is 2. The van der Waals surface area contributed by atoms with Crippen LogP contribution in [0.1, 0.15) is 52.8 Å². The number of amides is 2. The van der Waals surface area contributed by atoms with Crippen LogP contribution in [0.25, 0.3) is 0 Å². The number of nitrogens with zero attached hydrogens (tertiary/aromatic N) is 1. The van der Waals surface area contributed by atoms with Gasteiger partial charge in [-0.2, -0.15) is 0 Å². The number of nitrogens with one attached hydrogen (secondary N) is 1. The maximum absolute atomic E-state index is 12.9. The van der Waals surface area contributed by atoms with Gasteiger partial charge >= 0.3 is 5.97 Å². The number of aliphatic carboxylic acids is 1. The summed E-state index contributed by atoms with van der Waals surface area (Å²) in [5.41, 5.74) is 0.324.